The molecule has 8 heteroatoms. The number of hydrogen-bond acceptors (Lipinski definition) is 7. The van der Waals surface area contributed by atoms with Gasteiger partial charge in [0.25, 0.3) is 0 Å². The van der Waals surface area contributed by atoms with E-state index in [1.165, 1.54) is 0 Å². The standard InChI is InChI=1S/C20H25ClN2O5/c1-4-28-20(25)18-15(11-27-10-9-22)23-12(2)16(19(24)26-3)17(18)13-7-5-6-8-14(13)21/h5-8,17,23H,4,9-11,22H2,1-3H3/i2D3. The highest BCUT2D eigenvalue weighted by molar-refractivity contribution is 6.31. The summed E-state index contributed by atoms with van der Waals surface area (Å²) < 4.78 is 39.4. The minimum Gasteiger partial charge on any atom is -0.466 e. The summed E-state index contributed by atoms with van der Waals surface area (Å²) in [6, 6.07) is 6.53. The third-order valence-electron chi connectivity index (χ3n) is 4.07. The first-order valence-corrected chi connectivity index (χ1v) is 9.07. The maximum absolute atomic E-state index is 13.0. The van der Waals surface area contributed by atoms with Crippen molar-refractivity contribution >= 4 is 23.5 Å². The maximum atomic E-state index is 13.0. The largest absolute Gasteiger partial charge is 0.466 e. The zero-order valence-corrected chi connectivity index (χ0v) is 16.5. The van der Waals surface area contributed by atoms with Crippen molar-refractivity contribution in [2.24, 2.45) is 5.73 Å². The molecule has 0 bridgehead atoms. The van der Waals surface area contributed by atoms with Crippen molar-refractivity contribution in [3.05, 3.63) is 57.4 Å². The number of halogens is 1. The third kappa shape index (κ3) is 4.73. The van der Waals surface area contributed by atoms with Gasteiger partial charge in [-0.15, -0.1) is 0 Å². The molecule has 0 spiro atoms. The molecule has 2 rings (SSSR count). The number of nitrogens with one attached hydrogen (secondary N) is 1. The summed E-state index contributed by atoms with van der Waals surface area (Å²) in [6.45, 7) is -0.768. The smallest absolute Gasteiger partial charge is 0.336 e. The Hall–Kier alpha value is -2.35. The fourth-order valence-electron chi connectivity index (χ4n) is 2.92. The van der Waals surface area contributed by atoms with Crippen LogP contribution < -0.4 is 11.1 Å². The molecule has 0 fully saturated rings. The molecule has 0 amide bonds. The fraction of sp³-hybridized carbons (Fsp3) is 0.400. The van der Waals surface area contributed by atoms with Crippen molar-refractivity contribution in [1.82, 2.24) is 5.32 Å². The molecule has 0 aromatic heterocycles. The molecule has 0 saturated heterocycles. The number of ether oxygens (including phenoxy) is 3. The normalized spacial score (nSPS) is 18.7. The minimum absolute atomic E-state index is 0.0142. The van der Waals surface area contributed by atoms with Crippen LogP contribution >= 0.6 is 11.6 Å². The molecule has 152 valence electrons. The first-order chi connectivity index (χ1) is 14.7. The van der Waals surface area contributed by atoms with Crippen LogP contribution in [0.2, 0.25) is 5.02 Å². The monoisotopic (exact) mass is 411 g/mol. The summed E-state index contributed by atoms with van der Waals surface area (Å²) in [6.07, 6.45) is 0. The molecule has 28 heavy (non-hydrogen) atoms. The van der Waals surface area contributed by atoms with Gasteiger partial charge in [0.15, 0.2) is 0 Å². The molecular formula is C20H25ClN2O5. The minimum atomic E-state index is -2.72. The molecular weight excluding hydrogens is 384 g/mol. The van der Waals surface area contributed by atoms with Crippen molar-refractivity contribution in [2.75, 3.05) is 33.5 Å². The molecule has 0 radical (unpaired) electrons. The highest BCUT2D eigenvalue weighted by Crippen LogP contribution is 2.41. The van der Waals surface area contributed by atoms with E-state index in [4.69, 9.17) is 35.7 Å². The van der Waals surface area contributed by atoms with Gasteiger partial charge in [-0.3, -0.25) is 0 Å². The number of nitrogens with two attached hydrogens (primary N) is 1. The van der Waals surface area contributed by atoms with Crippen LogP contribution in [0.1, 0.15) is 29.4 Å². The highest BCUT2D eigenvalue weighted by Gasteiger charge is 2.39. The van der Waals surface area contributed by atoms with Gasteiger partial charge in [0, 0.05) is 21.4 Å². The Bertz CT molecular complexity index is 899. The van der Waals surface area contributed by atoms with Gasteiger partial charge in [0.1, 0.15) is 0 Å². The van der Waals surface area contributed by atoms with E-state index in [0.717, 1.165) is 7.11 Å². The molecule has 1 unspecified atom stereocenters. The lowest BCUT2D eigenvalue weighted by Crippen LogP contribution is -2.35. The first kappa shape index (κ1) is 17.7. The predicted octanol–water partition coefficient (Wildman–Crippen LogP) is 2.27. The van der Waals surface area contributed by atoms with Gasteiger partial charge in [0.2, 0.25) is 0 Å². The van der Waals surface area contributed by atoms with Crippen LogP contribution in [0.25, 0.3) is 0 Å². The fourth-order valence-corrected chi connectivity index (χ4v) is 3.16. The Morgan fingerprint density at radius 3 is 2.64 bits per heavy atom. The van der Waals surface area contributed by atoms with E-state index in [0.29, 0.717) is 5.56 Å². The molecule has 1 aliphatic heterocycles. The van der Waals surface area contributed by atoms with Gasteiger partial charge in [-0.1, -0.05) is 29.8 Å². The SMILES string of the molecule is [2H]C([2H])([2H])C1=C(C(=O)OC)C(c2ccccc2Cl)C(C(=O)OCC)=C(COCCN)N1. The summed E-state index contributed by atoms with van der Waals surface area (Å²) in [5, 5.41) is 2.95. The zero-order chi connectivity index (χ0) is 23.2. The van der Waals surface area contributed by atoms with E-state index in [2.05, 4.69) is 5.32 Å². The number of dihydropyridines is 1. The quantitative estimate of drug-likeness (QED) is 0.500. The number of hydrogen-bond donors (Lipinski definition) is 2. The van der Waals surface area contributed by atoms with Gasteiger partial charge in [-0.05, 0) is 25.4 Å². The number of allylic oxidation sites excluding steroid dienone is 1. The Balaban J connectivity index is 2.84. The van der Waals surface area contributed by atoms with Crippen LogP contribution in [0.5, 0.6) is 0 Å². The lowest BCUT2D eigenvalue weighted by atomic mass is 9.80. The number of carbonyl (C=O) groups excluding carboxylic acids is 2. The van der Waals surface area contributed by atoms with Crippen LogP contribution in [0.4, 0.5) is 0 Å². The lowest BCUT2D eigenvalue weighted by molar-refractivity contribution is -0.139. The van der Waals surface area contributed by atoms with Crippen LogP contribution in [0, 0.1) is 0 Å². The summed E-state index contributed by atoms with van der Waals surface area (Å²) in [7, 11) is 1.13. The number of methoxy groups -OCH3 is 1. The number of benzene rings is 1. The number of esters is 2. The Morgan fingerprint density at radius 1 is 1.29 bits per heavy atom. The van der Waals surface area contributed by atoms with Crippen molar-refractivity contribution in [1.29, 1.82) is 0 Å². The van der Waals surface area contributed by atoms with Gasteiger partial charge in [-0.25, -0.2) is 9.59 Å². The van der Waals surface area contributed by atoms with E-state index in [1.54, 1.807) is 31.2 Å². The van der Waals surface area contributed by atoms with E-state index in [9.17, 15) is 9.59 Å². The first-order valence-electron chi connectivity index (χ1n) is 10.2. The molecule has 1 aromatic rings. The third-order valence-corrected chi connectivity index (χ3v) is 4.42. The molecule has 0 aliphatic carbocycles. The van der Waals surface area contributed by atoms with Crippen molar-refractivity contribution < 1.29 is 27.9 Å². The molecule has 1 aromatic carbocycles. The van der Waals surface area contributed by atoms with E-state index in [1.807, 2.05) is 0 Å². The van der Waals surface area contributed by atoms with Crippen LogP contribution in [0.3, 0.4) is 0 Å². The van der Waals surface area contributed by atoms with E-state index in [-0.39, 0.29) is 53.9 Å². The van der Waals surface area contributed by atoms with Gasteiger partial charge >= 0.3 is 11.9 Å². The molecule has 1 atom stereocenters. The Kier molecular flexibility index (Phi) is 6.50. The zero-order valence-electron chi connectivity index (χ0n) is 18.7. The van der Waals surface area contributed by atoms with Crippen LogP contribution in [-0.4, -0.2) is 45.4 Å². The summed E-state index contributed by atoms with van der Waals surface area (Å²) in [5.74, 6) is -2.79. The molecule has 3 N–H and O–H groups in total. The van der Waals surface area contributed by atoms with Crippen molar-refractivity contribution in [2.45, 2.75) is 19.7 Å². The van der Waals surface area contributed by atoms with Gasteiger partial charge in [-0.2, -0.15) is 0 Å². The Labute approximate surface area is 173 Å². The van der Waals surface area contributed by atoms with Gasteiger partial charge in [0.05, 0.1) is 49.7 Å². The molecule has 7 nitrogen and oxygen atoms in total. The molecule has 1 aliphatic rings. The van der Waals surface area contributed by atoms with Crippen molar-refractivity contribution in [3.63, 3.8) is 0 Å². The van der Waals surface area contributed by atoms with Crippen LogP contribution in [-0.2, 0) is 23.8 Å². The molecule has 1 heterocycles. The summed E-state index contributed by atoms with van der Waals surface area (Å²) in [4.78, 5) is 25.8. The summed E-state index contributed by atoms with van der Waals surface area (Å²) >= 11 is 6.40. The highest BCUT2D eigenvalue weighted by atomic mass is 35.5. The van der Waals surface area contributed by atoms with Gasteiger partial charge < -0.3 is 25.3 Å². The van der Waals surface area contributed by atoms with Crippen molar-refractivity contribution in [3.8, 4) is 0 Å². The van der Waals surface area contributed by atoms with E-state index >= 15 is 0 Å². The average Bonchev–Trinajstić information content (AvgIpc) is 2.72. The topological polar surface area (TPSA) is 99.9 Å². The molecule has 0 saturated carbocycles. The summed E-state index contributed by atoms with van der Waals surface area (Å²) in [5.41, 5.74) is 5.37. The predicted molar refractivity (Wildman–Crippen MR) is 106 cm³/mol. The second kappa shape index (κ2) is 10.3. The Morgan fingerprint density at radius 2 is 2.04 bits per heavy atom. The maximum Gasteiger partial charge on any atom is 0.336 e. The number of rotatable bonds is 8. The average molecular weight is 412 g/mol. The van der Waals surface area contributed by atoms with E-state index < -0.39 is 24.7 Å². The van der Waals surface area contributed by atoms with Crippen LogP contribution in [0.15, 0.2) is 46.8 Å². The number of carbonyl (C=O) groups is 2. The second-order valence-corrected chi connectivity index (χ2v) is 6.22. The second-order valence-electron chi connectivity index (χ2n) is 5.81. The lowest BCUT2D eigenvalue weighted by Gasteiger charge is -2.31.